The number of ketones is 1. The van der Waals surface area contributed by atoms with E-state index in [0.29, 0.717) is 29.1 Å². The van der Waals surface area contributed by atoms with Crippen molar-refractivity contribution in [3.63, 3.8) is 0 Å². The molecule has 162 valence electrons. The molecule has 2 N–H and O–H groups in total. The van der Waals surface area contributed by atoms with Crippen LogP contribution in [0, 0.1) is 0 Å². The molecule has 3 rings (SSSR count). The van der Waals surface area contributed by atoms with Crippen LogP contribution in [0.1, 0.15) is 29.8 Å². The first-order valence-corrected chi connectivity index (χ1v) is 9.96. The third-order valence-electron chi connectivity index (χ3n) is 4.73. The maximum Gasteiger partial charge on any atom is 0.253 e. The Kier molecular flexibility index (Phi) is 6.80. The maximum absolute atomic E-state index is 12.7. The van der Waals surface area contributed by atoms with Crippen molar-refractivity contribution in [1.29, 1.82) is 0 Å². The Labute approximate surface area is 186 Å². The molecule has 0 radical (unpaired) electrons. The van der Waals surface area contributed by atoms with Crippen LogP contribution >= 0.6 is 0 Å². The predicted molar refractivity (Wildman–Crippen MR) is 123 cm³/mol. The SMILES string of the molecule is C=C(C)C(=O)N(CC)c1ccc(N=Nc2cc(C(=O)c3ccccc3)c(O)cc2O)cc1. The molecule has 32 heavy (non-hydrogen) atoms. The number of anilines is 1. The molecule has 3 aromatic rings. The fraction of sp³-hybridized carbons (Fsp3) is 0.120. The van der Waals surface area contributed by atoms with E-state index in [0.717, 1.165) is 6.07 Å². The number of aromatic hydroxyl groups is 2. The zero-order valence-corrected chi connectivity index (χ0v) is 17.8. The molecule has 3 aromatic carbocycles. The summed E-state index contributed by atoms with van der Waals surface area (Å²) >= 11 is 0. The number of carbonyl (C=O) groups is 2. The number of carbonyl (C=O) groups excluding carboxylic acids is 2. The number of amides is 1. The number of hydrogen-bond acceptors (Lipinski definition) is 6. The van der Waals surface area contributed by atoms with Crippen LogP contribution in [-0.4, -0.2) is 28.4 Å². The maximum atomic E-state index is 12.7. The minimum absolute atomic E-state index is 0.00944. The summed E-state index contributed by atoms with van der Waals surface area (Å²) in [6.45, 7) is 7.72. The van der Waals surface area contributed by atoms with Crippen LogP contribution in [0.3, 0.4) is 0 Å². The van der Waals surface area contributed by atoms with E-state index in [4.69, 9.17) is 0 Å². The van der Waals surface area contributed by atoms with Crippen LogP contribution in [0.5, 0.6) is 11.5 Å². The van der Waals surface area contributed by atoms with Gasteiger partial charge in [0.2, 0.25) is 0 Å². The van der Waals surface area contributed by atoms with Gasteiger partial charge in [-0.1, -0.05) is 36.9 Å². The number of nitrogens with zero attached hydrogens (tertiary/aromatic N) is 3. The van der Waals surface area contributed by atoms with E-state index in [1.807, 2.05) is 6.92 Å². The van der Waals surface area contributed by atoms with Gasteiger partial charge >= 0.3 is 0 Å². The lowest BCUT2D eigenvalue weighted by Crippen LogP contribution is -2.30. The summed E-state index contributed by atoms with van der Waals surface area (Å²) in [5.74, 6) is -1.21. The number of rotatable bonds is 7. The molecule has 0 aliphatic carbocycles. The second-order valence-corrected chi connectivity index (χ2v) is 7.10. The Morgan fingerprint density at radius 3 is 2.19 bits per heavy atom. The van der Waals surface area contributed by atoms with Gasteiger partial charge in [0.15, 0.2) is 5.78 Å². The first-order valence-electron chi connectivity index (χ1n) is 9.96. The average molecular weight is 429 g/mol. The summed E-state index contributed by atoms with van der Waals surface area (Å²) in [6.07, 6.45) is 0. The van der Waals surface area contributed by atoms with Crippen molar-refractivity contribution in [2.75, 3.05) is 11.4 Å². The summed E-state index contributed by atoms with van der Waals surface area (Å²) in [7, 11) is 0. The highest BCUT2D eigenvalue weighted by Crippen LogP contribution is 2.35. The van der Waals surface area contributed by atoms with E-state index in [1.54, 1.807) is 66.4 Å². The number of azo groups is 1. The fourth-order valence-corrected chi connectivity index (χ4v) is 3.06. The molecule has 0 fully saturated rings. The summed E-state index contributed by atoms with van der Waals surface area (Å²) in [5, 5.41) is 28.4. The van der Waals surface area contributed by atoms with Gasteiger partial charge in [-0.2, -0.15) is 5.11 Å². The second-order valence-electron chi connectivity index (χ2n) is 7.10. The number of hydrogen-bond donors (Lipinski definition) is 2. The molecular weight excluding hydrogens is 406 g/mol. The van der Waals surface area contributed by atoms with E-state index in [1.165, 1.54) is 6.07 Å². The van der Waals surface area contributed by atoms with E-state index >= 15 is 0 Å². The molecule has 0 bridgehead atoms. The van der Waals surface area contributed by atoms with Crippen molar-refractivity contribution in [2.45, 2.75) is 13.8 Å². The topological polar surface area (TPSA) is 103 Å². The molecule has 1 amide bonds. The fourth-order valence-electron chi connectivity index (χ4n) is 3.06. The molecule has 0 aliphatic heterocycles. The monoisotopic (exact) mass is 429 g/mol. The van der Waals surface area contributed by atoms with Gasteiger partial charge < -0.3 is 15.1 Å². The lowest BCUT2D eigenvalue weighted by atomic mass is 10.0. The van der Waals surface area contributed by atoms with Crippen LogP contribution in [0.15, 0.2) is 89.1 Å². The third kappa shape index (κ3) is 4.89. The Morgan fingerprint density at radius 1 is 0.938 bits per heavy atom. The molecule has 0 atom stereocenters. The van der Waals surface area contributed by atoms with Gasteiger partial charge in [-0.15, -0.1) is 5.11 Å². The quantitative estimate of drug-likeness (QED) is 0.287. The molecule has 0 heterocycles. The molecular formula is C25H23N3O4. The minimum Gasteiger partial charge on any atom is -0.507 e. The highest BCUT2D eigenvalue weighted by Gasteiger charge is 2.17. The molecule has 7 heteroatoms. The third-order valence-corrected chi connectivity index (χ3v) is 4.73. The summed E-state index contributed by atoms with van der Waals surface area (Å²) in [4.78, 5) is 26.5. The molecule has 0 unspecified atom stereocenters. The Balaban J connectivity index is 1.85. The van der Waals surface area contributed by atoms with Gasteiger partial charge in [-0.05, 0) is 44.2 Å². The zero-order chi connectivity index (χ0) is 23.3. The highest BCUT2D eigenvalue weighted by molar-refractivity contribution is 6.11. The van der Waals surface area contributed by atoms with Crippen molar-refractivity contribution >= 4 is 28.8 Å². The van der Waals surface area contributed by atoms with Crippen molar-refractivity contribution in [1.82, 2.24) is 0 Å². The Morgan fingerprint density at radius 2 is 1.59 bits per heavy atom. The van der Waals surface area contributed by atoms with Crippen molar-refractivity contribution in [2.24, 2.45) is 10.2 Å². The molecule has 0 aromatic heterocycles. The summed E-state index contributed by atoms with van der Waals surface area (Å²) in [5.41, 5.74) is 2.07. The zero-order valence-electron chi connectivity index (χ0n) is 17.8. The predicted octanol–water partition coefficient (Wildman–Crippen LogP) is 5.67. The first kappa shape index (κ1) is 22.4. The Bertz CT molecular complexity index is 1190. The van der Waals surface area contributed by atoms with Crippen LogP contribution < -0.4 is 4.90 Å². The number of phenolic OH excluding ortho intramolecular Hbond substituents is 2. The van der Waals surface area contributed by atoms with E-state index < -0.39 is 5.78 Å². The van der Waals surface area contributed by atoms with Crippen LogP contribution in [0.4, 0.5) is 17.1 Å². The number of phenols is 2. The number of likely N-dealkylation sites (N-methyl/N-ethyl adjacent to an activating group) is 1. The van der Waals surface area contributed by atoms with Crippen LogP contribution in [-0.2, 0) is 4.79 Å². The van der Waals surface area contributed by atoms with Gasteiger partial charge in [0.05, 0.1) is 11.3 Å². The smallest absolute Gasteiger partial charge is 0.253 e. The van der Waals surface area contributed by atoms with Crippen molar-refractivity contribution < 1.29 is 19.8 Å². The molecule has 7 nitrogen and oxygen atoms in total. The lowest BCUT2D eigenvalue weighted by Gasteiger charge is -2.21. The lowest BCUT2D eigenvalue weighted by molar-refractivity contribution is -0.115. The average Bonchev–Trinajstić information content (AvgIpc) is 2.80. The standard InChI is InChI=1S/C25H23N3O4/c1-4-28(25(32)16(2)3)19-12-10-18(11-13-19)26-27-21-14-20(22(29)15-23(21)30)24(31)17-8-6-5-7-9-17/h5-15,29-30H,2,4H2,1,3H3. The van der Waals surface area contributed by atoms with E-state index in [9.17, 15) is 19.8 Å². The van der Waals surface area contributed by atoms with Crippen molar-refractivity contribution in [3.05, 3.63) is 90.0 Å². The largest absolute Gasteiger partial charge is 0.507 e. The second kappa shape index (κ2) is 9.70. The normalized spacial score (nSPS) is 10.8. The van der Waals surface area contributed by atoms with Gasteiger partial charge in [-0.25, -0.2) is 0 Å². The number of benzene rings is 3. The summed E-state index contributed by atoms with van der Waals surface area (Å²) in [6, 6.07) is 17.7. The molecule has 0 aliphatic rings. The summed E-state index contributed by atoms with van der Waals surface area (Å²) < 4.78 is 0. The van der Waals surface area contributed by atoms with Crippen LogP contribution in [0.2, 0.25) is 0 Å². The van der Waals surface area contributed by atoms with Gasteiger partial charge in [0, 0.05) is 29.4 Å². The minimum atomic E-state index is -0.397. The molecule has 0 saturated carbocycles. The van der Waals surface area contributed by atoms with Crippen LogP contribution in [0.25, 0.3) is 0 Å². The van der Waals surface area contributed by atoms with Crippen molar-refractivity contribution in [3.8, 4) is 11.5 Å². The first-order chi connectivity index (χ1) is 15.3. The highest BCUT2D eigenvalue weighted by atomic mass is 16.3. The van der Waals surface area contributed by atoms with Gasteiger partial charge in [0.1, 0.15) is 17.2 Å². The van der Waals surface area contributed by atoms with E-state index in [-0.39, 0.29) is 28.7 Å². The molecule has 0 spiro atoms. The molecule has 0 saturated heterocycles. The van der Waals surface area contributed by atoms with E-state index in [2.05, 4.69) is 16.8 Å². The Hall–Kier alpha value is -4.26. The van der Waals surface area contributed by atoms with Gasteiger partial charge in [0.25, 0.3) is 5.91 Å². The van der Waals surface area contributed by atoms with Gasteiger partial charge in [-0.3, -0.25) is 9.59 Å².